The molecular formula is C14H19NO. The predicted octanol–water partition coefficient (Wildman–Crippen LogP) is 3.53. The average molecular weight is 217 g/mol. The Bertz CT molecular complexity index is 485. The molecular weight excluding hydrogens is 198 g/mol. The Labute approximate surface area is 96.8 Å². The molecule has 1 aromatic heterocycles. The van der Waals surface area contributed by atoms with Crippen molar-refractivity contribution >= 4 is 10.9 Å². The summed E-state index contributed by atoms with van der Waals surface area (Å²) in [6, 6.07) is 8.56. The lowest BCUT2D eigenvalue weighted by atomic mass is 10.2. The Balaban J connectivity index is 2.38. The van der Waals surface area contributed by atoms with E-state index in [-0.39, 0.29) is 0 Å². The van der Waals surface area contributed by atoms with E-state index in [1.54, 1.807) is 0 Å². The van der Waals surface area contributed by atoms with Crippen LogP contribution < -0.4 is 4.74 Å². The first kappa shape index (κ1) is 11.1. The van der Waals surface area contributed by atoms with Crippen molar-refractivity contribution < 1.29 is 4.74 Å². The lowest BCUT2D eigenvalue weighted by molar-refractivity contribution is 0.318. The minimum atomic E-state index is 0.791. The number of rotatable bonds is 4. The Kier molecular flexibility index (Phi) is 3.18. The van der Waals surface area contributed by atoms with E-state index in [1.807, 2.05) is 0 Å². The van der Waals surface area contributed by atoms with Gasteiger partial charge in [-0.2, -0.15) is 0 Å². The molecule has 2 nitrogen and oxygen atoms in total. The maximum atomic E-state index is 5.64. The molecule has 0 radical (unpaired) electrons. The summed E-state index contributed by atoms with van der Waals surface area (Å²) in [6.07, 6.45) is 2.11. The minimum absolute atomic E-state index is 0.791. The molecule has 0 saturated carbocycles. The third kappa shape index (κ3) is 1.92. The smallest absolute Gasteiger partial charge is 0.120 e. The van der Waals surface area contributed by atoms with Crippen molar-refractivity contribution in [1.82, 2.24) is 4.57 Å². The molecule has 16 heavy (non-hydrogen) atoms. The van der Waals surface area contributed by atoms with Crippen LogP contribution in [0.3, 0.4) is 0 Å². The van der Waals surface area contributed by atoms with Crippen LogP contribution in [-0.4, -0.2) is 11.2 Å². The number of hydrogen-bond donors (Lipinski definition) is 0. The van der Waals surface area contributed by atoms with Crippen molar-refractivity contribution in [3.05, 3.63) is 30.0 Å². The third-order valence-corrected chi connectivity index (χ3v) is 2.95. The zero-order valence-corrected chi connectivity index (χ0v) is 10.3. The predicted molar refractivity (Wildman–Crippen MR) is 68.1 cm³/mol. The number of ether oxygens (including phenoxy) is 1. The number of hydrogen-bond acceptors (Lipinski definition) is 1. The van der Waals surface area contributed by atoms with Gasteiger partial charge in [0.25, 0.3) is 0 Å². The molecule has 1 heterocycles. The van der Waals surface area contributed by atoms with Crippen molar-refractivity contribution in [3.8, 4) is 5.75 Å². The first-order valence-electron chi connectivity index (χ1n) is 5.97. The molecule has 0 spiro atoms. The maximum Gasteiger partial charge on any atom is 0.120 e. The molecule has 2 aromatic rings. The number of aryl methyl sites for hydroxylation is 2. The van der Waals surface area contributed by atoms with Gasteiger partial charge >= 0.3 is 0 Å². The topological polar surface area (TPSA) is 14.2 Å². The molecule has 0 amide bonds. The molecule has 0 aliphatic carbocycles. The molecule has 0 bridgehead atoms. The number of nitrogens with zero attached hydrogens (tertiary/aromatic N) is 1. The number of benzene rings is 1. The van der Waals surface area contributed by atoms with Crippen molar-refractivity contribution in [3.63, 3.8) is 0 Å². The van der Waals surface area contributed by atoms with E-state index in [4.69, 9.17) is 4.74 Å². The molecule has 0 saturated heterocycles. The summed E-state index contributed by atoms with van der Waals surface area (Å²) >= 11 is 0. The fraction of sp³-hybridized carbons (Fsp3) is 0.429. The van der Waals surface area contributed by atoms with Gasteiger partial charge in [0.1, 0.15) is 5.75 Å². The van der Waals surface area contributed by atoms with Gasteiger partial charge in [-0.05, 0) is 37.1 Å². The van der Waals surface area contributed by atoms with Crippen LogP contribution in [0.1, 0.15) is 26.0 Å². The van der Waals surface area contributed by atoms with Crippen LogP contribution in [0.4, 0.5) is 0 Å². The minimum Gasteiger partial charge on any atom is -0.494 e. The van der Waals surface area contributed by atoms with Gasteiger partial charge in [0.15, 0.2) is 0 Å². The molecule has 0 aliphatic heterocycles. The van der Waals surface area contributed by atoms with E-state index < -0.39 is 0 Å². The van der Waals surface area contributed by atoms with Crippen molar-refractivity contribution in [2.45, 2.75) is 26.7 Å². The summed E-state index contributed by atoms with van der Waals surface area (Å²) in [6.45, 7) is 5.10. The monoisotopic (exact) mass is 217 g/mol. The Hall–Kier alpha value is -1.44. The first-order valence-corrected chi connectivity index (χ1v) is 5.97. The van der Waals surface area contributed by atoms with Gasteiger partial charge in [-0.25, -0.2) is 0 Å². The second kappa shape index (κ2) is 4.60. The highest BCUT2D eigenvalue weighted by molar-refractivity contribution is 5.82. The summed E-state index contributed by atoms with van der Waals surface area (Å²) in [4.78, 5) is 0. The van der Waals surface area contributed by atoms with Crippen LogP contribution in [0, 0.1) is 0 Å². The zero-order valence-electron chi connectivity index (χ0n) is 10.3. The SMILES string of the molecule is CCCOc1ccc2c(c1)cc(CC)n2C. The highest BCUT2D eigenvalue weighted by Gasteiger charge is 2.05. The molecule has 86 valence electrons. The molecule has 0 N–H and O–H groups in total. The summed E-state index contributed by atoms with van der Waals surface area (Å²) in [5.41, 5.74) is 2.64. The van der Waals surface area contributed by atoms with E-state index >= 15 is 0 Å². The second-order valence-corrected chi connectivity index (χ2v) is 4.12. The molecule has 0 unspecified atom stereocenters. The highest BCUT2D eigenvalue weighted by atomic mass is 16.5. The molecule has 0 atom stereocenters. The van der Waals surface area contributed by atoms with Gasteiger partial charge in [0, 0.05) is 23.6 Å². The number of fused-ring (bicyclic) bond motifs is 1. The lowest BCUT2D eigenvalue weighted by Gasteiger charge is -2.05. The van der Waals surface area contributed by atoms with Crippen LogP contribution in [0.2, 0.25) is 0 Å². The normalized spacial score (nSPS) is 10.9. The highest BCUT2D eigenvalue weighted by Crippen LogP contribution is 2.24. The largest absolute Gasteiger partial charge is 0.494 e. The fourth-order valence-corrected chi connectivity index (χ4v) is 2.03. The Morgan fingerprint density at radius 3 is 2.69 bits per heavy atom. The van der Waals surface area contributed by atoms with Crippen molar-refractivity contribution in [2.75, 3.05) is 6.61 Å². The summed E-state index contributed by atoms with van der Waals surface area (Å²) in [5, 5.41) is 1.27. The number of aromatic nitrogens is 1. The third-order valence-electron chi connectivity index (χ3n) is 2.95. The fourth-order valence-electron chi connectivity index (χ4n) is 2.03. The van der Waals surface area contributed by atoms with Crippen LogP contribution >= 0.6 is 0 Å². The van der Waals surface area contributed by atoms with Crippen LogP contribution in [-0.2, 0) is 13.5 Å². The van der Waals surface area contributed by atoms with Gasteiger partial charge in [-0.15, -0.1) is 0 Å². The standard InChI is InChI=1S/C14H19NO/c1-4-8-16-13-6-7-14-11(10-13)9-12(5-2)15(14)3/h6-7,9-10H,4-5,8H2,1-3H3. The van der Waals surface area contributed by atoms with Gasteiger partial charge in [0.05, 0.1) is 6.61 Å². The second-order valence-electron chi connectivity index (χ2n) is 4.12. The van der Waals surface area contributed by atoms with Gasteiger partial charge in [-0.3, -0.25) is 0 Å². The van der Waals surface area contributed by atoms with Crippen molar-refractivity contribution in [2.24, 2.45) is 7.05 Å². The molecule has 0 fully saturated rings. The first-order chi connectivity index (χ1) is 7.76. The lowest BCUT2D eigenvalue weighted by Crippen LogP contribution is -1.95. The van der Waals surface area contributed by atoms with E-state index in [9.17, 15) is 0 Å². The average Bonchev–Trinajstić information content (AvgIpc) is 2.63. The molecule has 2 rings (SSSR count). The van der Waals surface area contributed by atoms with Crippen LogP contribution in [0.15, 0.2) is 24.3 Å². The summed E-state index contributed by atoms with van der Waals surface area (Å²) in [5.74, 6) is 0.975. The van der Waals surface area contributed by atoms with E-state index in [0.717, 1.165) is 25.2 Å². The molecule has 0 aliphatic rings. The summed E-state index contributed by atoms with van der Waals surface area (Å²) in [7, 11) is 2.12. The van der Waals surface area contributed by atoms with Gasteiger partial charge < -0.3 is 9.30 Å². The Morgan fingerprint density at radius 1 is 1.19 bits per heavy atom. The van der Waals surface area contributed by atoms with E-state index in [2.05, 4.69) is 49.7 Å². The van der Waals surface area contributed by atoms with Crippen LogP contribution in [0.5, 0.6) is 5.75 Å². The summed E-state index contributed by atoms with van der Waals surface area (Å²) < 4.78 is 7.89. The quantitative estimate of drug-likeness (QED) is 0.764. The van der Waals surface area contributed by atoms with Gasteiger partial charge in [0.2, 0.25) is 0 Å². The van der Waals surface area contributed by atoms with Crippen LogP contribution in [0.25, 0.3) is 10.9 Å². The van der Waals surface area contributed by atoms with E-state index in [1.165, 1.54) is 16.6 Å². The maximum absolute atomic E-state index is 5.64. The molecule has 1 aromatic carbocycles. The Morgan fingerprint density at radius 2 is 2.00 bits per heavy atom. The molecule has 2 heteroatoms. The van der Waals surface area contributed by atoms with E-state index in [0.29, 0.717) is 0 Å². The zero-order chi connectivity index (χ0) is 11.5. The van der Waals surface area contributed by atoms with Crippen molar-refractivity contribution in [1.29, 1.82) is 0 Å². The van der Waals surface area contributed by atoms with Gasteiger partial charge in [-0.1, -0.05) is 13.8 Å².